The number of para-hydroxylation sites is 3. The number of rotatable bonds is 10. The molecule has 5 aromatic carbocycles. The standard InChI is InChI=1S/C42H46NO2P/c1-29(2)33-21-17-22-34(30(3)4)35(33)28-43-36-23-12-14-26-39(36)46(40-27-15-13-24-37(40)45-42(6,7)8)41-31(5)18-16-25-38(41)44-32-19-10-9-11-20-32/h9-30H,1-8H3. The number of aliphatic imine (C=N–C) groups is 1. The molecule has 0 saturated heterocycles. The molecule has 4 heteroatoms. The van der Waals surface area contributed by atoms with Gasteiger partial charge >= 0.3 is 0 Å². The van der Waals surface area contributed by atoms with Gasteiger partial charge in [-0.3, -0.25) is 4.99 Å². The molecular formula is C42H46NO2P. The zero-order chi connectivity index (χ0) is 32.8. The Morgan fingerprint density at radius 3 is 1.85 bits per heavy atom. The number of hydrogen-bond donors (Lipinski definition) is 0. The second-order valence-corrected chi connectivity index (χ2v) is 15.3. The van der Waals surface area contributed by atoms with Gasteiger partial charge in [0.15, 0.2) is 0 Å². The van der Waals surface area contributed by atoms with Gasteiger partial charge in [-0.25, -0.2) is 0 Å². The molecule has 5 aromatic rings. The van der Waals surface area contributed by atoms with Gasteiger partial charge < -0.3 is 9.47 Å². The van der Waals surface area contributed by atoms with Crippen molar-refractivity contribution in [2.24, 2.45) is 4.99 Å². The minimum Gasteiger partial charge on any atom is -0.487 e. The zero-order valence-corrected chi connectivity index (χ0v) is 29.3. The predicted molar refractivity (Wildman–Crippen MR) is 199 cm³/mol. The first-order chi connectivity index (χ1) is 22.0. The molecule has 0 spiro atoms. The van der Waals surface area contributed by atoms with Crippen LogP contribution in [0.5, 0.6) is 17.2 Å². The van der Waals surface area contributed by atoms with Crippen molar-refractivity contribution < 1.29 is 9.47 Å². The molecule has 0 amide bonds. The molecule has 3 nitrogen and oxygen atoms in total. The highest BCUT2D eigenvalue weighted by Gasteiger charge is 2.29. The Labute approximate surface area is 277 Å². The van der Waals surface area contributed by atoms with Crippen LogP contribution in [0, 0.1) is 6.92 Å². The van der Waals surface area contributed by atoms with Gasteiger partial charge in [-0.2, -0.15) is 0 Å². The highest BCUT2D eigenvalue weighted by Crippen LogP contribution is 2.44. The first-order valence-electron chi connectivity index (χ1n) is 16.2. The lowest BCUT2D eigenvalue weighted by Gasteiger charge is -2.29. The summed E-state index contributed by atoms with van der Waals surface area (Å²) in [5.74, 6) is 3.30. The summed E-state index contributed by atoms with van der Waals surface area (Å²) in [4.78, 5) is 5.29. The van der Waals surface area contributed by atoms with Crippen LogP contribution >= 0.6 is 7.92 Å². The Morgan fingerprint density at radius 2 is 1.20 bits per heavy atom. The minimum atomic E-state index is -1.16. The third-order valence-corrected chi connectivity index (χ3v) is 10.5. The Morgan fingerprint density at radius 1 is 0.630 bits per heavy atom. The van der Waals surface area contributed by atoms with Crippen molar-refractivity contribution in [1.82, 2.24) is 0 Å². The van der Waals surface area contributed by atoms with E-state index in [0.29, 0.717) is 11.8 Å². The Bertz CT molecular complexity index is 1770. The first kappa shape index (κ1) is 33.2. The van der Waals surface area contributed by atoms with Gasteiger partial charge in [0.1, 0.15) is 22.8 Å². The Hall–Kier alpha value is -4.20. The topological polar surface area (TPSA) is 30.8 Å². The van der Waals surface area contributed by atoms with Gasteiger partial charge in [-0.05, 0) is 100 Å². The smallest absolute Gasteiger partial charge is 0.136 e. The van der Waals surface area contributed by atoms with Gasteiger partial charge in [0, 0.05) is 22.1 Å². The average molecular weight is 628 g/mol. The highest BCUT2D eigenvalue weighted by molar-refractivity contribution is 7.80. The van der Waals surface area contributed by atoms with Crippen LogP contribution in [0.2, 0.25) is 0 Å². The molecule has 0 aliphatic heterocycles. The number of nitrogens with zero attached hydrogens (tertiary/aromatic N) is 1. The van der Waals surface area contributed by atoms with E-state index in [9.17, 15) is 0 Å². The predicted octanol–water partition coefficient (Wildman–Crippen LogP) is 10.7. The average Bonchev–Trinajstić information content (AvgIpc) is 3.02. The summed E-state index contributed by atoms with van der Waals surface area (Å²) < 4.78 is 13.3. The maximum absolute atomic E-state index is 6.65. The number of ether oxygens (including phenoxy) is 2. The molecule has 1 unspecified atom stereocenters. The van der Waals surface area contributed by atoms with E-state index in [0.717, 1.165) is 44.4 Å². The van der Waals surface area contributed by atoms with Crippen molar-refractivity contribution >= 4 is 35.7 Å². The van der Waals surface area contributed by atoms with E-state index in [4.69, 9.17) is 14.5 Å². The summed E-state index contributed by atoms with van der Waals surface area (Å²) in [6, 6.07) is 40.0. The van der Waals surface area contributed by atoms with Gasteiger partial charge in [-0.1, -0.05) is 113 Å². The van der Waals surface area contributed by atoms with Crippen LogP contribution in [0.4, 0.5) is 5.69 Å². The van der Waals surface area contributed by atoms with Crippen LogP contribution < -0.4 is 25.4 Å². The molecule has 0 saturated carbocycles. The summed E-state index contributed by atoms with van der Waals surface area (Å²) in [5, 5.41) is 3.44. The molecule has 236 valence electrons. The zero-order valence-electron chi connectivity index (χ0n) is 28.4. The van der Waals surface area contributed by atoms with Crippen LogP contribution in [-0.4, -0.2) is 11.8 Å². The van der Waals surface area contributed by atoms with E-state index in [-0.39, 0.29) is 5.60 Å². The van der Waals surface area contributed by atoms with Crippen molar-refractivity contribution in [2.75, 3.05) is 0 Å². The van der Waals surface area contributed by atoms with Gasteiger partial charge in [0.2, 0.25) is 0 Å². The molecule has 0 aliphatic carbocycles. The van der Waals surface area contributed by atoms with E-state index in [2.05, 4.69) is 147 Å². The van der Waals surface area contributed by atoms with Crippen LogP contribution in [0.3, 0.4) is 0 Å². The van der Waals surface area contributed by atoms with Crippen molar-refractivity contribution in [3.8, 4) is 17.2 Å². The molecule has 46 heavy (non-hydrogen) atoms. The quantitative estimate of drug-likeness (QED) is 0.114. The Kier molecular flexibility index (Phi) is 10.4. The van der Waals surface area contributed by atoms with Crippen molar-refractivity contribution in [2.45, 2.75) is 72.8 Å². The molecule has 0 radical (unpaired) electrons. The lowest BCUT2D eigenvalue weighted by atomic mass is 9.89. The van der Waals surface area contributed by atoms with E-state index >= 15 is 0 Å². The van der Waals surface area contributed by atoms with Crippen molar-refractivity contribution in [1.29, 1.82) is 0 Å². The third kappa shape index (κ3) is 7.77. The van der Waals surface area contributed by atoms with Crippen LogP contribution in [-0.2, 0) is 0 Å². The molecule has 0 N–H and O–H groups in total. The summed E-state index contributed by atoms with van der Waals surface area (Å²) in [5.41, 5.74) is 5.59. The fraction of sp³-hybridized carbons (Fsp3) is 0.262. The van der Waals surface area contributed by atoms with Crippen molar-refractivity contribution in [3.63, 3.8) is 0 Å². The Balaban J connectivity index is 1.75. The van der Waals surface area contributed by atoms with Crippen LogP contribution in [0.1, 0.15) is 82.6 Å². The maximum atomic E-state index is 6.65. The molecule has 0 fully saturated rings. The van der Waals surface area contributed by atoms with E-state index in [1.165, 1.54) is 16.7 Å². The fourth-order valence-electron chi connectivity index (χ4n) is 5.70. The van der Waals surface area contributed by atoms with E-state index < -0.39 is 7.92 Å². The number of benzene rings is 5. The van der Waals surface area contributed by atoms with Crippen molar-refractivity contribution in [3.05, 3.63) is 138 Å². The molecular weight excluding hydrogens is 581 g/mol. The SMILES string of the molecule is Cc1cccc(Oc2ccccc2)c1P(c1ccccc1N=Cc1c(C(C)C)cccc1C(C)C)c1ccccc1OC(C)(C)C. The number of aryl methyl sites for hydroxylation is 1. The summed E-state index contributed by atoms with van der Waals surface area (Å²) in [6.07, 6.45) is 2.09. The van der Waals surface area contributed by atoms with Gasteiger partial charge in [0.05, 0.1) is 5.69 Å². The molecule has 0 bridgehead atoms. The monoisotopic (exact) mass is 627 g/mol. The first-order valence-corrected chi connectivity index (χ1v) is 17.5. The molecule has 5 rings (SSSR count). The van der Waals surface area contributed by atoms with E-state index in [1.54, 1.807) is 0 Å². The maximum Gasteiger partial charge on any atom is 0.136 e. The molecule has 0 aromatic heterocycles. The summed E-state index contributed by atoms with van der Waals surface area (Å²) in [6.45, 7) is 17.5. The minimum absolute atomic E-state index is 0.363. The summed E-state index contributed by atoms with van der Waals surface area (Å²) in [7, 11) is -1.16. The number of hydrogen-bond acceptors (Lipinski definition) is 3. The molecule has 0 heterocycles. The largest absolute Gasteiger partial charge is 0.487 e. The van der Waals surface area contributed by atoms with Gasteiger partial charge in [0.25, 0.3) is 0 Å². The second kappa shape index (κ2) is 14.5. The van der Waals surface area contributed by atoms with E-state index in [1.807, 2.05) is 30.3 Å². The molecule has 0 aliphatic rings. The lowest BCUT2D eigenvalue weighted by Crippen LogP contribution is -2.29. The van der Waals surface area contributed by atoms with Crippen LogP contribution in [0.15, 0.2) is 120 Å². The normalized spacial score (nSPS) is 12.6. The van der Waals surface area contributed by atoms with Crippen LogP contribution in [0.25, 0.3) is 0 Å². The fourth-order valence-corrected chi connectivity index (χ4v) is 8.38. The lowest BCUT2D eigenvalue weighted by molar-refractivity contribution is 0.132. The summed E-state index contributed by atoms with van der Waals surface area (Å²) >= 11 is 0. The third-order valence-electron chi connectivity index (χ3n) is 7.79. The second-order valence-electron chi connectivity index (χ2n) is 13.3. The van der Waals surface area contributed by atoms with Gasteiger partial charge in [-0.15, -0.1) is 0 Å². The highest BCUT2D eigenvalue weighted by atomic mass is 31.1. The molecule has 1 atom stereocenters.